The van der Waals surface area contributed by atoms with Crippen molar-refractivity contribution in [3.8, 4) is 22.3 Å². The van der Waals surface area contributed by atoms with Gasteiger partial charge in [0.1, 0.15) is 0 Å². The summed E-state index contributed by atoms with van der Waals surface area (Å²) in [5.74, 6) is 0. The maximum atomic E-state index is 5.99. The van der Waals surface area contributed by atoms with E-state index in [1.807, 2.05) is 18.2 Å². The summed E-state index contributed by atoms with van der Waals surface area (Å²) in [5, 5.41) is 1.38. The summed E-state index contributed by atoms with van der Waals surface area (Å²) in [4.78, 5) is 0. The van der Waals surface area contributed by atoms with Crippen LogP contribution in [-0.2, 0) is 17.7 Å². The number of halogens is 2. The maximum absolute atomic E-state index is 5.99. The molecular weight excluding hydrogens is 674 g/mol. The summed E-state index contributed by atoms with van der Waals surface area (Å²) >= 11 is -2.10. The van der Waals surface area contributed by atoms with Gasteiger partial charge < -0.3 is 0 Å². The molecule has 5 aromatic rings. The Morgan fingerprint density at radius 1 is 0.568 bits per heavy atom. The van der Waals surface area contributed by atoms with Crippen LogP contribution >= 0.6 is 17.2 Å². The fourth-order valence-corrected chi connectivity index (χ4v) is 14.7. The minimum absolute atomic E-state index is 0.540. The molecule has 0 spiro atoms. The molecule has 0 atom stereocenters. The van der Waals surface area contributed by atoms with Crippen molar-refractivity contribution < 1.29 is 17.7 Å². The van der Waals surface area contributed by atoms with Gasteiger partial charge in [0.25, 0.3) is 0 Å². The number of hydrogen-bond acceptors (Lipinski definition) is 0. The average Bonchev–Trinajstić information content (AvgIpc) is 3.44. The van der Waals surface area contributed by atoms with Crippen LogP contribution in [0.3, 0.4) is 0 Å². The normalized spacial score (nSPS) is 10.0. The fraction of sp³-hybridized carbons (Fsp3) is 0.152. The van der Waals surface area contributed by atoms with E-state index in [1.165, 1.54) is 49.7 Å². The number of rotatable bonds is 3. The molecule has 0 fully saturated rings. The van der Waals surface area contributed by atoms with E-state index in [9.17, 15) is 0 Å². The van der Waals surface area contributed by atoms with Gasteiger partial charge in [-0.05, 0) is 0 Å². The molecule has 5 rings (SSSR count). The number of hydrogen-bond donors (Lipinski definition) is 0. The van der Waals surface area contributed by atoms with Crippen LogP contribution in [0.5, 0.6) is 0 Å². The van der Waals surface area contributed by atoms with E-state index in [0.29, 0.717) is 0 Å². The summed E-state index contributed by atoms with van der Waals surface area (Å²) in [6, 6.07) is 40.3. The van der Waals surface area contributed by atoms with Crippen molar-refractivity contribution in [3.05, 3.63) is 138 Å². The van der Waals surface area contributed by atoms with Crippen LogP contribution < -0.4 is 5.19 Å². The maximum Gasteiger partial charge on any atom is -0.0623 e. The van der Waals surface area contributed by atoms with Gasteiger partial charge >= 0.3 is 82.4 Å². The molecule has 5 aromatic carbocycles. The first-order valence-corrected chi connectivity index (χ1v) is 28.7. The van der Waals surface area contributed by atoms with Crippen molar-refractivity contribution in [2.24, 2.45) is 0 Å². The van der Waals surface area contributed by atoms with E-state index < -0.39 is 23.2 Å². The van der Waals surface area contributed by atoms with E-state index in [1.54, 1.807) is 0 Å². The molecule has 0 amide bonds. The molecule has 0 aliphatic rings. The molecule has 190 valence electrons. The van der Waals surface area contributed by atoms with Crippen LogP contribution in [0, 0.1) is 27.7 Å². The second-order valence-electron chi connectivity index (χ2n) is 9.24. The zero-order valence-electron chi connectivity index (χ0n) is 22.2. The van der Waals surface area contributed by atoms with Gasteiger partial charge in [0.05, 0.1) is 0 Å². The Labute approximate surface area is 237 Å². The molecule has 0 bridgehead atoms. The van der Waals surface area contributed by atoms with Gasteiger partial charge in [-0.15, -0.1) is 0 Å². The third-order valence-electron chi connectivity index (χ3n) is 6.14. The van der Waals surface area contributed by atoms with Crippen LogP contribution in [0.2, 0.25) is 6.55 Å². The third kappa shape index (κ3) is 9.07. The molecule has 0 radical (unpaired) electrons. The van der Waals surface area contributed by atoms with Crippen LogP contribution in [0.25, 0.3) is 22.3 Å². The van der Waals surface area contributed by atoms with Crippen molar-refractivity contribution in [3.63, 3.8) is 0 Å². The monoisotopic (exact) mass is 708 g/mol. The summed E-state index contributed by atoms with van der Waals surface area (Å²) in [6.45, 7) is 10.8. The SMILES string of the molecule is C[Si](c1ccccc1)=[Hf]([Cl])[Cl].Cc1cc(-c2ccccc2)c(C)[cH-]1.Cc1cc(-c2ccccc2)c(C)[cH-]1. The van der Waals surface area contributed by atoms with Crippen LogP contribution in [0.15, 0.2) is 115 Å². The largest absolute Gasteiger partial charge is 0.203 e. The molecule has 4 heteroatoms. The molecule has 0 unspecified atom stereocenters. The number of benzene rings is 3. The predicted octanol–water partition coefficient (Wildman–Crippen LogP) is 9.82. The van der Waals surface area contributed by atoms with Gasteiger partial charge in [-0.25, -0.2) is 12.1 Å². The zero-order chi connectivity index (χ0) is 26.8. The van der Waals surface area contributed by atoms with Crippen molar-refractivity contribution in [1.82, 2.24) is 0 Å². The van der Waals surface area contributed by atoms with Gasteiger partial charge in [0, 0.05) is 0 Å². The van der Waals surface area contributed by atoms with E-state index in [2.05, 4.69) is 131 Å². The van der Waals surface area contributed by atoms with Gasteiger partial charge in [0.2, 0.25) is 0 Å². The first-order valence-electron chi connectivity index (χ1n) is 12.4. The summed E-state index contributed by atoms with van der Waals surface area (Å²) < 4.78 is 0. The minimum atomic E-state index is -2.10. The Bertz CT molecular complexity index is 1330. The zero-order valence-corrected chi connectivity index (χ0v) is 28.3. The Morgan fingerprint density at radius 3 is 1.22 bits per heavy atom. The van der Waals surface area contributed by atoms with Crippen LogP contribution in [0.4, 0.5) is 0 Å². The Kier molecular flexibility index (Phi) is 11.9. The van der Waals surface area contributed by atoms with Crippen LogP contribution in [0.1, 0.15) is 22.3 Å². The molecule has 0 aromatic heterocycles. The fourth-order valence-electron chi connectivity index (χ4n) is 4.26. The minimum Gasteiger partial charge on any atom is -0.203 e. The quantitative estimate of drug-likeness (QED) is 0.129. The molecule has 0 nitrogen and oxygen atoms in total. The molecule has 0 saturated carbocycles. The first-order chi connectivity index (χ1) is 17.8. The summed E-state index contributed by atoms with van der Waals surface area (Å²) in [6.07, 6.45) is 0. The van der Waals surface area contributed by atoms with Crippen molar-refractivity contribution in [1.29, 1.82) is 0 Å². The Hall–Kier alpha value is -1.97. The third-order valence-corrected chi connectivity index (χ3v) is 31.1. The molecule has 37 heavy (non-hydrogen) atoms. The second kappa shape index (κ2) is 14.8. The average molecular weight is 708 g/mol. The van der Waals surface area contributed by atoms with Gasteiger partial charge in [-0.3, -0.25) is 0 Å². The smallest absolute Gasteiger partial charge is 0.0623 e. The van der Waals surface area contributed by atoms with Gasteiger partial charge in [0.15, 0.2) is 0 Å². The van der Waals surface area contributed by atoms with E-state index >= 15 is 0 Å². The van der Waals surface area contributed by atoms with E-state index in [-0.39, 0.29) is 0 Å². The molecule has 0 N–H and O–H groups in total. The standard InChI is InChI=1S/2C13H13.C7H8Si.2ClH.Hf/c2*1-10-8-11(2)13(9-10)12-6-4-3-5-7-12;1-8-7-5-3-2-4-6-7;;;/h2*3-9H,1-2H3;2-6H,1H3;2*1H;/q2*-1;;;;+2/p-2. The van der Waals surface area contributed by atoms with Crippen molar-refractivity contribution in [2.45, 2.75) is 34.2 Å². The van der Waals surface area contributed by atoms with Crippen LogP contribution in [-0.4, -0.2) is 5.49 Å². The predicted molar refractivity (Wildman–Crippen MR) is 163 cm³/mol. The summed E-state index contributed by atoms with van der Waals surface area (Å²) in [5.41, 5.74) is 10.2. The first kappa shape index (κ1) is 29.6. The van der Waals surface area contributed by atoms with Gasteiger partial charge in [-0.2, -0.15) is 45.5 Å². The van der Waals surface area contributed by atoms with E-state index in [0.717, 1.165) is 0 Å². The molecule has 0 saturated heterocycles. The van der Waals surface area contributed by atoms with Crippen molar-refractivity contribution >= 4 is 27.8 Å². The Balaban J connectivity index is 0.000000155. The van der Waals surface area contributed by atoms with Gasteiger partial charge in [-0.1, -0.05) is 99.5 Å². The molecule has 0 aliphatic heterocycles. The van der Waals surface area contributed by atoms with E-state index in [4.69, 9.17) is 17.2 Å². The molecule has 0 heterocycles. The number of aryl methyl sites for hydroxylation is 4. The van der Waals surface area contributed by atoms with Crippen molar-refractivity contribution in [2.75, 3.05) is 0 Å². The molecule has 0 aliphatic carbocycles. The molecular formula is C33H34Cl2HfSi-2. The topological polar surface area (TPSA) is 0 Å². The summed E-state index contributed by atoms with van der Waals surface area (Å²) in [7, 11) is 12.0. The Morgan fingerprint density at radius 2 is 0.919 bits per heavy atom. The second-order valence-corrected chi connectivity index (χ2v) is 38.1.